The number of hydrogen-bond donors (Lipinski definition) is 1. The van der Waals surface area contributed by atoms with Gasteiger partial charge in [-0.2, -0.15) is 0 Å². The molecule has 0 aliphatic rings. The van der Waals surface area contributed by atoms with Crippen molar-refractivity contribution in [3.05, 3.63) is 59.3 Å². The summed E-state index contributed by atoms with van der Waals surface area (Å²) in [7, 11) is 0. The number of carbonyl (C=O) groups is 1. The molecular formula is C14H12ClN5O. The van der Waals surface area contributed by atoms with Crippen LogP contribution in [0.4, 0.5) is 0 Å². The number of pyridine rings is 2. The van der Waals surface area contributed by atoms with Gasteiger partial charge in [0, 0.05) is 6.20 Å². The predicted molar refractivity (Wildman–Crippen MR) is 78.1 cm³/mol. The van der Waals surface area contributed by atoms with E-state index in [1.165, 1.54) is 0 Å². The molecule has 0 spiro atoms. The summed E-state index contributed by atoms with van der Waals surface area (Å²) in [6.45, 7) is 1.84. The van der Waals surface area contributed by atoms with Crippen molar-refractivity contribution in [3.8, 4) is 0 Å². The zero-order chi connectivity index (χ0) is 14.8. The zero-order valence-corrected chi connectivity index (χ0v) is 11.9. The Morgan fingerprint density at radius 3 is 2.90 bits per heavy atom. The van der Waals surface area contributed by atoms with Gasteiger partial charge in [-0.3, -0.25) is 9.20 Å². The minimum absolute atomic E-state index is 0.267. The SMILES string of the molecule is CC(NC(=O)c1cccc(Cl)n1)c1nnc2ccccn12. The van der Waals surface area contributed by atoms with Gasteiger partial charge in [-0.15, -0.1) is 10.2 Å². The molecule has 0 radical (unpaired) electrons. The fourth-order valence-electron chi connectivity index (χ4n) is 2.03. The van der Waals surface area contributed by atoms with Gasteiger partial charge in [-0.1, -0.05) is 23.7 Å². The van der Waals surface area contributed by atoms with Crippen LogP contribution < -0.4 is 5.32 Å². The number of aromatic nitrogens is 4. The van der Waals surface area contributed by atoms with Crippen molar-refractivity contribution in [2.24, 2.45) is 0 Å². The first-order valence-corrected chi connectivity index (χ1v) is 6.76. The second-order valence-corrected chi connectivity index (χ2v) is 4.91. The molecule has 1 atom stereocenters. The number of hydrogen-bond acceptors (Lipinski definition) is 4. The molecule has 0 aromatic carbocycles. The van der Waals surface area contributed by atoms with E-state index in [1.54, 1.807) is 18.2 Å². The molecule has 0 bridgehead atoms. The van der Waals surface area contributed by atoms with Crippen molar-refractivity contribution in [2.75, 3.05) is 0 Å². The Morgan fingerprint density at radius 1 is 1.24 bits per heavy atom. The van der Waals surface area contributed by atoms with Crippen LogP contribution in [-0.2, 0) is 0 Å². The highest BCUT2D eigenvalue weighted by molar-refractivity contribution is 6.29. The zero-order valence-electron chi connectivity index (χ0n) is 11.2. The molecule has 3 rings (SSSR count). The summed E-state index contributed by atoms with van der Waals surface area (Å²) < 4.78 is 1.83. The van der Waals surface area contributed by atoms with E-state index in [1.807, 2.05) is 35.7 Å². The number of rotatable bonds is 3. The maximum Gasteiger partial charge on any atom is 0.270 e. The van der Waals surface area contributed by atoms with Crippen LogP contribution >= 0.6 is 11.6 Å². The van der Waals surface area contributed by atoms with Gasteiger partial charge in [0.1, 0.15) is 10.8 Å². The van der Waals surface area contributed by atoms with Crippen molar-refractivity contribution in [3.63, 3.8) is 0 Å². The monoisotopic (exact) mass is 301 g/mol. The van der Waals surface area contributed by atoms with Gasteiger partial charge in [-0.05, 0) is 31.2 Å². The Morgan fingerprint density at radius 2 is 2.10 bits per heavy atom. The second kappa shape index (κ2) is 5.49. The maximum absolute atomic E-state index is 12.1. The van der Waals surface area contributed by atoms with Crippen LogP contribution in [0.1, 0.15) is 29.3 Å². The van der Waals surface area contributed by atoms with E-state index >= 15 is 0 Å². The van der Waals surface area contributed by atoms with Crippen molar-refractivity contribution < 1.29 is 4.79 Å². The largest absolute Gasteiger partial charge is 0.341 e. The lowest BCUT2D eigenvalue weighted by Crippen LogP contribution is -2.28. The van der Waals surface area contributed by atoms with E-state index in [2.05, 4.69) is 20.5 Å². The molecule has 21 heavy (non-hydrogen) atoms. The molecule has 0 saturated carbocycles. The van der Waals surface area contributed by atoms with E-state index in [9.17, 15) is 4.79 Å². The van der Waals surface area contributed by atoms with E-state index < -0.39 is 0 Å². The van der Waals surface area contributed by atoms with Crippen LogP contribution in [0.2, 0.25) is 5.15 Å². The predicted octanol–water partition coefficient (Wildman–Crippen LogP) is 2.27. The molecule has 3 aromatic heterocycles. The van der Waals surface area contributed by atoms with Gasteiger partial charge in [0.25, 0.3) is 5.91 Å². The molecular weight excluding hydrogens is 290 g/mol. The molecule has 1 amide bonds. The summed E-state index contributed by atoms with van der Waals surface area (Å²) in [5.74, 6) is 0.346. The minimum Gasteiger partial charge on any atom is -0.341 e. The quantitative estimate of drug-likeness (QED) is 0.753. The fourth-order valence-corrected chi connectivity index (χ4v) is 2.19. The number of nitrogens with zero attached hydrogens (tertiary/aromatic N) is 4. The average Bonchev–Trinajstić information content (AvgIpc) is 2.91. The van der Waals surface area contributed by atoms with Gasteiger partial charge in [0.2, 0.25) is 0 Å². The molecule has 0 saturated heterocycles. The number of carbonyl (C=O) groups excluding carboxylic acids is 1. The summed E-state index contributed by atoms with van der Waals surface area (Å²) in [4.78, 5) is 16.1. The summed E-state index contributed by atoms with van der Waals surface area (Å²) in [5.41, 5.74) is 0.998. The first-order chi connectivity index (χ1) is 10.1. The van der Waals surface area contributed by atoms with Crippen LogP contribution in [-0.4, -0.2) is 25.5 Å². The lowest BCUT2D eigenvalue weighted by Gasteiger charge is -2.12. The second-order valence-electron chi connectivity index (χ2n) is 4.53. The normalized spacial score (nSPS) is 12.3. The van der Waals surface area contributed by atoms with Crippen LogP contribution in [0, 0.1) is 0 Å². The third-order valence-corrected chi connectivity index (χ3v) is 3.23. The van der Waals surface area contributed by atoms with Gasteiger partial charge in [0.05, 0.1) is 6.04 Å². The Hall–Kier alpha value is -2.47. The average molecular weight is 302 g/mol. The van der Waals surface area contributed by atoms with Gasteiger partial charge < -0.3 is 5.32 Å². The number of nitrogens with one attached hydrogen (secondary N) is 1. The molecule has 106 valence electrons. The molecule has 3 aromatic rings. The van der Waals surface area contributed by atoms with Crippen molar-refractivity contribution in [1.29, 1.82) is 0 Å². The molecule has 1 N–H and O–H groups in total. The third-order valence-electron chi connectivity index (χ3n) is 3.02. The molecule has 0 aliphatic carbocycles. The van der Waals surface area contributed by atoms with Crippen LogP contribution in [0.15, 0.2) is 42.6 Å². The minimum atomic E-state index is -0.310. The lowest BCUT2D eigenvalue weighted by atomic mass is 10.2. The van der Waals surface area contributed by atoms with E-state index in [4.69, 9.17) is 11.6 Å². The lowest BCUT2D eigenvalue weighted by molar-refractivity contribution is 0.0933. The van der Waals surface area contributed by atoms with Crippen LogP contribution in [0.5, 0.6) is 0 Å². The van der Waals surface area contributed by atoms with Crippen molar-refractivity contribution >= 4 is 23.2 Å². The van der Waals surface area contributed by atoms with Gasteiger partial charge in [-0.25, -0.2) is 4.98 Å². The topological polar surface area (TPSA) is 72.2 Å². The first kappa shape index (κ1) is 13.5. The van der Waals surface area contributed by atoms with E-state index in [-0.39, 0.29) is 22.8 Å². The summed E-state index contributed by atoms with van der Waals surface area (Å²) in [5, 5.41) is 11.3. The summed E-state index contributed by atoms with van der Waals surface area (Å²) >= 11 is 5.79. The highest BCUT2D eigenvalue weighted by Gasteiger charge is 2.17. The Balaban J connectivity index is 1.83. The van der Waals surface area contributed by atoms with Crippen molar-refractivity contribution in [2.45, 2.75) is 13.0 Å². The standard InChI is InChI=1S/C14H12ClN5O/c1-9(13-19-18-12-7-2-3-8-20(12)13)16-14(21)10-5-4-6-11(15)17-10/h2-9H,1H3,(H,16,21). The van der Waals surface area contributed by atoms with Crippen LogP contribution in [0.3, 0.4) is 0 Å². The highest BCUT2D eigenvalue weighted by Crippen LogP contribution is 2.13. The van der Waals surface area contributed by atoms with Gasteiger partial charge >= 0.3 is 0 Å². The highest BCUT2D eigenvalue weighted by atomic mass is 35.5. The molecule has 3 heterocycles. The Bertz CT molecular complexity index is 801. The number of amides is 1. The smallest absolute Gasteiger partial charge is 0.270 e. The van der Waals surface area contributed by atoms with E-state index in [0.717, 1.165) is 5.65 Å². The van der Waals surface area contributed by atoms with Crippen molar-refractivity contribution in [1.82, 2.24) is 24.9 Å². The van der Waals surface area contributed by atoms with Crippen LogP contribution in [0.25, 0.3) is 5.65 Å². The van der Waals surface area contributed by atoms with E-state index in [0.29, 0.717) is 5.82 Å². The summed E-state index contributed by atoms with van der Waals surface area (Å²) in [6.07, 6.45) is 1.85. The molecule has 7 heteroatoms. The maximum atomic E-state index is 12.1. The Labute approximate surface area is 125 Å². The molecule has 0 aliphatic heterocycles. The summed E-state index contributed by atoms with van der Waals surface area (Å²) in [6, 6.07) is 10.2. The molecule has 0 fully saturated rings. The number of fused-ring (bicyclic) bond motifs is 1. The Kier molecular flexibility index (Phi) is 3.53. The fraction of sp³-hybridized carbons (Fsp3) is 0.143. The molecule has 1 unspecified atom stereocenters. The number of halogens is 1. The first-order valence-electron chi connectivity index (χ1n) is 6.38. The third kappa shape index (κ3) is 2.71. The van der Waals surface area contributed by atoms with Gasteiger partial charge in [0.15, 0.2) is 11.5 Å². The molecule has 6 nitrogen and oxygen atoms in total.